The van der Waals surface area contributed by atoms with E-state index in [4.69, 9.17) is 0 Å². The van der Waals surface area contributed by atoms with Crippen molar-refractivity contribution in [3.63, 3.8) is 0 Å². The molecule has 1 heterocycles. The molecule has 3 nitrogen and oxygen atoms in total. The largest absolute Gasteiger partial charge is 0.357 e. The zero-order valence-electron chi connectivity index (χ0n) is 11.8. The molecule has 0 fully saturated rings. The first-order valence-electron chi connectivity index (χ1n) is 6.30. The van der Waals surface area contributed by atoms with E-state index >= 15 is 0 Å². The Bertz CT molecular complexity index is 561. The number of nitrogens with zero attached hydrogens (tertiary/aromatic N) is 2. The average molecular weight is 273 g/mol. The van der Waals surface area contributed by atoms with E-state index in [-0.39, 0.29) is 0 Å². The number of thioether (sulfide) groups is 1. The van der Waals surface area contributed by atoms with Crippen molar-refractivity contribution in [2.24, 2.45) is 0 Å². The molecule has 0 saturated heterocycles. The summed E-state index contributed by atoms with van der Waals surface area (Å²) in [5.41, 5.74) is 4.95. The molecule has 1 N–H and O–H groups in total. The molecule has 4 heteroatoms. The Morgan fingerprint density at radius 2 is 1.68 bits per heavy atom. The van der Waals surface area contributed by atoms with Crippen LogP contribution in [0.25, 0.3) is 0 Å². The van der Waals surface area contributed by atoms with Gasteiger partial charge in [-0.3, -0.25) is 0 Å². The molecule has 1 aromatic heterocycles. The van der Waals surface area contributed by atoms with Gasteiger partial charge in [0.05, 0.1) is 0 Å². The highest BCUT2D eigenvalue weighted by atomic mass is 32.2. The zero-order valence-corrected chi connectivity index (χ0v) is 12.6. The topological polar surface area (TPSA) is 37.8 Å². The molecule has 19 heavy (non-hydrogen) atoms. The van der Waals surface area contributed by atoms with E-state index in [9.17, 15) is 0 Å². The predicted molar refractivity (Wildman–Crippen MR) is 81.8 cm³/mol. The van der Waals surface area contributed by atoms with Crippen LogP contribution in [0.3, 0.4) is 0 Å². The molecular weight excluding hydrogens is 254 g/mol. The summed E-state index contributed by atoms with van der Waals surface area (Å²) in [6.45, 7) is 6.26. The van der Waals surface area contributed by atoms with Crippen LogP contribution in [-0.4, -0.2) is 17.0 Å². The summed E-state index contributed by atoms with van der Waals surface area (Å²) in [5, 5.41) is 4.00. The van der Waals surface area contributed by atoms with Crippen LogP contribution in [0.4, 0.5) is 5.95 Å². The lowest BCUT2D eigenvalue weighted by Crippen LogP contribution is -1.98. The number of benzene rings is 1. The first-order chi connectivity index (χ1) is 9.06. The van der Waals surface area contributed by atoms with Gasteiger partial charge in [0.15, 0.2) is 0 Å². The first-order valence-corrected chi connectivity index (χ1v) is 7.29. The molecule has 100 valence electrons. The lowest BCUT2D eigenvalue weighted by molar-refractivity contribution is 1.01. The third-order valence-electron chi connectivity index (χ3n) is 2.72. The van der Waals surface area contributed by atoms with E-state index < -0.39 is 0 Å². The zero-order chi connectivity index (χ0) is 13.8. The average Bonchev–Trinajstić information content (AvgIpc) is 2.34. The Hall–Kier alpha value is -1.55. The number of aryl methyl sites for hydroxylation is 3. The van der Waals surface area contributed by atoms with Crippen molar-refractivity contribution in [1.82, 2.24) is 9.97 Å². The van der Waals surface area contributed by atoms with Crippen molar-refractivity contribution >= 4 is 17.7 Å². The van der Waals surface area contributed by atoms with Crippen LogP contribution in [0, 0.1) is 20.8 Å². The van der Waals surface area contributed by atoms with Crippen LogP contribution in [0.5, 0.6) is 0 Å². The monoisotopic (exact) mass is 273 g/mol. The highest BCUT2D eigenvalue weighted by Crippen LogP contribution is 2.23. The predicted octanol–water partition coefficient (Wildman–Crippen LogP) is 3.74. The molecule has 0 aliphatic heterocycles. The van der Waals surface area contributed by atoms with Crippen molar-refractivity contribution < 1.29 is 0 Å². The van der Waals surface area contributed by atoms with Crippen LogP contribution < -0.4 is 5.32 Å². The second kappa shape index (κ2) is 6.06. The fraction of sp³-hybridized carbons (Fsp3) is 0.333. The minimum atomic E-state index is 0.683. The van der Waals surface area contributed by atoms with Gasteiger partial charge in [-0.05, 0) is 32.4 Å². The second-order valence-electron chi connectivity index (χ2n) is 4.71. The van der Waals surface area contributed by atoms with Crippen LogP contribution >= 0.6 is 11.8 Å². The van der Waals surface area contributed by atoms with Gasteiger partial charge >= 0.3 is 0 Å². The molecule has 2 rings (SSSR count). The Balaban J connectivity index is 2.11. The maximum atomic E-state index is 4.45. The van der Waals surface area contributed by atoms with Gasteiger partial charge in [-0.25, -0.2) is 9.97 Å². The summed E-state index contributed by atoms with van der Waals surface area (Å²) in [5.74, 6) is 1.62. The fourth-order valence-corrected chi connectivity index (χ4v) is 2.92. The molecule has 2 aromatic rings. The van der Waals surface area contributed by atoms with Crippen LogP contribution in [0.15, 0.2) is 29.3 Å². The van der Waals surface area contributed by atoms with Gasteiger partial charge < -0.3 is 5.32 Å². The molecule has 0 unspecified atom stereocenters. The number of aromatic nitrogens is 2. The van der Waals surface area contributed by atoms with Gasteiger partial charge in [-0.15, -0.1) is 11.8 Å². The third-order valence-corrected chi connectivity index (χ3v) is 3.71. The summed E-state index contributed by atoms with van der Waals surface area (Å²) >= 11 is 1.74. The minimum Gasteiger partial charge on any atom is -0.357 e. The Morgan fingerprint density at radius 3 is 2.32 bits per heavy atom. The molecule has 0 saturated carbocycles. The summed E-state index contributed by atoms with van der Waals surface area (Å²) in [6, 6.07) is 8.68. The normalized spacial score (nSPS) is 10.5. The van der Waals surface area contributed by atoms with Crippen LogP contribution in [-0.2, 0) is 5.75 Å². The van der Waals surface area contributed by atoms with Gasteiger partial charge in [0.1, 0.15) is 5.03 Å². The molecule has 0 radical (unpaired) electrons. The Kier molecular flexibility index (Phi) is 4.43. The van der Waals surface area contributed by atoms with Crippen molar-refractivity contribution in [3.05, 3.63) is 46.6 Å². The van der Waals surface area contributed by atoms with E-state index in [2.05, 4.69) is 47.3 Å². The SMILES string of the molecule is CNc1nc(C)cc(SCc2cc(C)cc(C)c2)n1. The van der Waals surface area contributed by atoms with E-state index in [1.807, 2.05) is 20.0 Å². The van der Waals surface area contributed by atoms with Gasteiger partial charge in [0.25, 0.3) is 0 Å². The van der Waals surface area contributed by atoms with Gasteiger partial charge in [0.2, 0.25) is 5.95 Å². The minimum absolute atomic E-state index is 0.683. The number of anilines is 1. The number of rotatable bonds is 4. The summed E-state index contributed by atoms with van der Waals surface area (Å²) < 4.78 is 0. The quantitative estimate of drug-likeness (QED) is 0.680. The second-order valence-corrected chi connectivity index (χ2v) is 5.70. The van der Waals surface area contributed by atoms with Gasteiger partial charge in [-0.2, -0.15) is 0 Å². The maximum absolute atomic E-state index is 4.45. The summed E-state index contributed by atoms with van der Waals surface area (Å²) in [4.78, 5) is 8.75. The number of hydrogen-bond donors (Lipinski definition) is 1. The maximum Gasteiger partial charge on any atom is 0.223 e. The van der Waals surface area contributed by atoms with E-state index in [1.54, 1.807) is 11.8 Å². The lowest BCUT2D eigenvalue weighted by Gasteiger charge is -2.07. The van der Waals surface area contributed by atoms with Crippen molar-refractivity contribution in [2.75, 3.05) is 12.4 Å². The molecule has 0 aliphatic carbocycles. The van der Waals surface area contributed by atoms with Crippen molar-refractivity contribution in [3.8, 4) is 0 Å². The number of hydrogen-bond acceptors (Lipinski definition) is 4. The first kappa shape index (κ1) is 13.9. The van der Waals surface area contributed by atoms with E-state index in [0.717, 1.165) is 16.5 Å². The number of nitrogens with one attached hydrogen (secondary N) is 1. The molecule has 0 bridgehead atoms. The highest BCUT2D eigenvalue weighted by molar-refractivity contribution is 7.98. The third kappa shape index (κ3) is 3.96. The molecule has 0 spiro atoms. The summed E-state index contributed by atoms with van der Waals surface area (Å²) in [7, 11) is 1.84. The van der Waals surface area contributed by atoms with E-state index in [0.29, 0.717) is 5.95 Å². The van der Waals surface area contributed by atoms with Gasteiger partial charge in [0, 0.05) is 18.5 Å². The summed E-state index contributed by atoms with van der Waals surface area (Å²) in [6.07, 6.45) is 0. The molecule has 0 amide bonds. The molecule has 1 aromatic carbocycles. The van der Waals surface area contributed by atoms with Gasteiger partial charge in [-0.1, -0.05) is 29.3 Å². The molecule has 0 atom stereocenters. The van der Waals surface area contributed by atoms with Crippen molar-refractivity contribution in [2.45, 2.75) is 31.6 Å². The molecule has 0 aliphatic rings. The standard InChI is InChI=1S/C15H19N3S/c1-10-5-11(2)7-13(6-10)9-19-14-8-12(3)17-15(16-4)18-14/h5-8H,9H2,1-4H3,(H,16,17,18). The Labute approximate surface area is 118 Å². The Morgan fingerprint density at radius 1 is 1.00 bits per heavy atom. The highest BCUT2D eigenvalue weighted by Gasteiger charge is 2.03. The fourth-order valence-electron chi connectivity index (χ4n) is 2.04. The lowest BCUT2D eigenvalue weighted by atomic mass is 10.1. The van der Waals surface area contributed by atoms with Crippen molar-refractivity contribution in [1.29, 1.82) is 0 Å². The molecular formula is C15H19N3S. The van der Waals surface area contributed by atoms with Crippen LogP contribution in [0.1, 0.15) is 22.4 Å². The smallest absolute Gasteiger partial charge is 0.223 e. The van der Waals surface area contributed by atoms with E-state index in [1.165, 1.54) is 16.7 Å². The van der Waals surface area contributed by atoms with Crippen LogP contribution in [0.2, 0.25) is 0 Å².